The maximum atomic E-state index is 10.3. The molecule has 1 aromatic rings. The van der Waals surface area contributed by atoms with Gasteiger partial charge in [-0.05, 0) is 13.0 Å². The molecule has 0 saturated heterocycles. The van der Waals surface area contributed by atoms with Gasteiger partial charge in [-0.1, -0.05) is 12.0 Å². The molecule has 0 aromatic heterocycles. The molecule has 0 N–H and O–H groups in total. The van der Waals surface area contributed by atoms with E-state index in [1.54, 1.807) is 19.1 Å². The summed E-state index contributed by atoms with van der Waals surface area (Å²) < 4.78 is 0. The van der Waals surface area contributed by atoms with Crippen LogP contribution < -0.4 is 0 Å². The third-order valence-corrected chi connectivity index (χ3v) is 1.33. The smallest absolute Gasteiger partial charge is 0.258 e. The molecule has 0 spiro atoms. The molecular formula is C9H7NO2. The maximum Gasteiger partial charge on any atom is 0.270 e. The van der Waals surface area contributed by atoms with Gasteiger partial charge >= 0.3 is 0 Å². The summed E-state index contributed by atoms with van der Waals surface area (Å²) in [4.78, 5) is 9.89. The van der Waals surface area contributed by atoms with E-state index in [1.165, 1.54) is 12.1 Å². The highest BCUT2D eigenvalue weighted by atomic mass is 16.6. The Kier molecular flexibility index (Phi) is 2.44. The molecule has 0 aliphatic carbocycles. The Morgan fingerprint density at radius 1 is 1.50 bits per heavy atom. The average molecular weight is 161 g/mol. The predicted octanol–water partition coefficient (Wildman–Crippen LogP) is 1.97. The van der Waals surface area contributed by atoms with Crippen LogP contribution in [0.4, 0.5) is 5.69 Å². The first-order valence-electron chi connectivity index (χ1n) is 3.41. The minimum absolute atomic E-state index is 0.0789. The van der Waals surface area contributed by atoms with Crippen molar-refractivity contribution in [2.45, 2.75) is 6.92 Å². The van der Waals surface area contributed by atoms with Gasteiger partial charge in [0.05, 0.1) is 4.92 Å². The van der Waals surface area contributed by atoms with Gasteiger partial charge in [-0.2, -0.15) is 0 Å². The molecule has 0 radical (unpaired) electrons. The number of nitrogens with zero attached hydrogens (tertiary/aromatic N) is 1. The van der Waals surface area contributed by atoms with Crippen molar-refractivity contribution in [3.8, 4) is 11.8 Å². The standard InChI is InChI=1S/C9H7NO2/c1-2-4-8-5-3-6-9(7-8)10(11)12/h3,5-7H,1H3. The average Bonchev–Trinajstić information content (AvgIpc) is 2.05. The van der Waals surface area contributed by atoms with Crippen LogP contribution in [0.15, 0.2) is 24.3 Å². The van der Waals surface area contributed by atoms with Crippen molar-refractivity contribution in [1.82, 2.24) is 0 Å². The Hall–Kier alpha value is -1.82. The van der Waals surface area contributed by atoms with Crippen LogP contribution >= 0.6 is 0 Å². The monoisotopic (exact) mass is 161 g/mol. The van der Waals surface area contributed by atoms with Crippen molar-refractivity contribution >= 4 is 5.69 Å². The van der Waals surface area contributed by atoms with Gasteiger partial charge in [-0.25, -0.2) is 0 Å². The van der Waals surface area contributed by atoms with Crippen molar-refractivity contribution in [1.29, 1.82) is 0 Å². The van der Waals surface area contributed by atoms with E-state index in [4.69, 9.17) is 0 Å². The van der Waals surface area contributed by atoms with E-state index in [9.17, 15) is 10.1 Å². The van der Waals surface area contributed by atoms with E-state index < -0.39 is 4.92 Å². The lowest BCUT2D eigenvalue weighted by Gasteiger charge is -1.90. The zero-order chi connectivity index (χ0) is 8.97. The fraction of sp³-hybridized carbons (Fsp3) is 0.111. The molecule has 0 heterocycles. The van der Waals surface area contributed by atoms with Crippen LogP contribution in [0.1, 0.15) is 12.5 Å². The van der Waals surface area contributed by atoms with Crippen LogP contribution in [0, 0.1) is 22.0 Å². The molecule has 1 aromatic carbocycles. The second kappa shape index (κ2) is 3.54. The Balaban J connectivity index is 3.09. The number of non-ortho nitro benzene ring substituents is 1. The molecule has 3 heteroatoms. The van der Waals surface area contributed by atoms with Gasteiger partial charge in [0.25, 0.3) is 5.69 Å². The first kappa shape index (κ1) is 8.28. The summed E-state index contributed by atoms with van der Waals surface area (Å²) in [6.07, 6.45) is 0. The molecule has 0 saturated carbocycles. The van der Waals surface area contributed by atoms with Crippen molar-refractivity contribution in [3.63, 3.8) is 0 Å². The summed E-state index contributed by atoms with van der Waals surface area (Å²) in [5.74, 6) is 5.43. The summed E-state index contributed by atoms with van der Waals surface area (Å²) in [5, 5.41) is 10.3. The SMILES string of the molecule is CC#Cc1cccc([N+](=O)[O-])c1. The summed E-state index contributed by atoms with van der Waals surface area (Å²) in [5.41, 5.74) is 0.752. The van der Waals surface area contributed by atoms with Crippen molar-refractivity contribution in [2.75, 3.05) is 0 Å². The third kappa shape index (κ3) is 1.83. The van der Waals surface area contributed by atoms with E-state index in [0.29, 0.717) is 5.56 Å². The summed E-state index contributed by atoms with van der Waals surface area (Å²) in [7, 11) is 0. The summed E-state index contributed by atoms with van der Waals surface area (Å²) in [6, 6.07) is 6.26. The number of rotatable bonds is 1. The lowest BCUT2D eigenvalue weighted by molar-refractivity contribution is -0.384. The third-order valence-electron chi connectivity index (χ3n) is 1.33. The lowest BCUT2D eigenvalue weighted by Crippen LogP contribution is -1.87. The lowest BCUT2D eigenvalue weighted by atomic mass is 10.2. The van der Waals surface area contributed by atoms with E-state index in [-0.39, 0.29) is 5.69 Å². The van der Waals surface area contributed by atoms with E-state index in [1.807, 2.05) is 0 Å². The zero-order valence-electron chi connectivity index (χ0n) is 6.57. The highest BCUT2D eigenvalue weighted by molar-refractivity contribution is 5.42. The fourth-order valence-electron chi connectivity index (χ4n) is 0.842. The molecule has 1 rings (SSSR count). The van der Waals surface area contributed by atoms with Gasteiger partial charge in [0, 0.05) is 17.7 Å². The largest absolute Gasteiger partial charge is 0.270 e. The second-order valence-electron chi connectivity index (χ2n) is 2.18. The molecule has 3 nitrogen and oxygen atoms in total. The number of hydrogen-bond acceptors (Lipinski definition) is 2. The fourth-order valence-corrected chi connectivity index (χ4v) is 0.842. The molecule has 0 aliphatic rings. The maximum absolute atomic E-state index is 10.3. The van der Waals surface area contributed by atoms with Gasteiger partial charge in [-0.15, -0.1) is 5.92 Å². The van der Waals surface area contributed by atoms with Crippen molar-refractivity contribution in [3.05, 3.63) is 39.9 Å². The summed E-state index contributed by atoms with van der Waals surface area (Å²) in [6.45, 7) is 1.69. The van der Waals surface area contributed by atoms with Gasteiger partial charge in [0.1, 0.15) is 0 Å². The molecule has 0 atom stereocenters. The Morgan fingerprint density at radius 3 is 2.83 bits per heavy atom. The quantitative estimate of drug-likeness (QED) is 0.359. The van der Waals surface area contributed by atoms with Crippen LogP contribution in [0.3, 0.4) is 0 Å². The van der Waals surface area contributed by atoms with E-state index in [0.717, 1.165) is 0 Å². The minimum atomic E-state index is -0.430. The normalized spacial score (nSPS) is 8.42. The van der Waals surface area contributed by atoms with E-state index in [2.05, 4.69) is 11.8 Å². The number of nitro benzene ring substituents is 1. The van der Waals surface area contributed by atoms with Crippen LogP contribution in [-0.4, -0.2) is 4.92 Å². The van der Waals surface area contributed by atoms with Gasteiger partial charge in [-0.3, -0.25) is 10.1 Å². The van der Waals surface area contributed by atoms with Gasteiger partial charge < -0.3 is 0 Å². The van der Waals surface area contributed by atoms with Crippen LogP contribution in [0.2, 0.25) is 0 Å². The van der Waals surface area contributed by atoms with E-state index >= 15 is 0 Å². The second-order valence-corrected chi connectivity index (χ2v) is 2.18. The van der Waals surface area contributed by atoms with Crippen LogP contribution in [0.25, 0.3) is 0 Å². The summed E-state index contributed by atoms with van der Waals surface area (Å²) >= 11 is 0. The first-order valence-corrected chi connectivity index (χ1v) is 3.41. The highest BCUT2D eigenvalue weighted by Crippen LogP contribution is 2.11. The van der Waals surface area contributed by atoms with Crippen LogP contribution in [0.5, 0.6) is 0 Å². The number of hydrogen-bond donors (Lipinski definition) is 0. The molecule has 0 amide bonds. The Bertz CT molecular complexity index is 360. The molecule has 12 heavy (non-hydrogen) atoms. The number of nitro groups is 1. The molecule has 0 bridgehead atoms. The predicted molar refractivity (Wildman–Crippen MR) is 45.6 cm³/mol. The first-order chi connectivity index (χ1) is 5.74. The molecule has 0 unspecified atom stereocenters. The molecule has 0 aliphatic heterocycles. The van der Waals surface area contributed by atoms with Crippen LogP contribution in [-0.2, 0) is 0 Å². The van der Waals surface area contributed by atoms with Gasteiger partial charge in [0.2, 0.25) is 0 Å². The topological polar surface area (TPSA) is 43.1 Å². The molecular weight excluding hydrogens is 154 g/mol. The Labute approximate surface area is 70.2 Å². The van der Waals surface area contributed by atoms with Crippen molar-refractivity contribution < 1.29 is 4.92 Å². The number of benzene rings is 1. The Morgan fingerprint density at radius 2 is 2.25 bits per heavy atom. The minimum Gasteiger partial charge on any atom is -0.258 e. The van der Waals surface area contributed by atoms with Crippen molar-refractivity contribution in [2.24, 2.45) is 0 Å². The highest BCUT2D eigenvalue weighted by Gasteiger charge is 2.03. The van der Waals surface area contributed by atoms with Gasteiger partial charge in [0.15, 0.2) is 0 Å². The zero-order valence-corrected chi connectivity index (χ0v) is 6.57. The molecule has 0 fully saturated rings. The molecule has 60 valence electrons.